The molecule has 2 rings (SSSR count). The van der Waals surface area contributed by atoms with Gasteiger partial charge in [-0.2, -0.15) is 11.8 Å². The van der Waals surface area contributed by atoms with Crippen LogP contribution in [-0.4, -0.2) is 31.2 Å². The summed E-state index contributed by atoms with van der Waals surface area (Å²) in [4.78, 5) is 0. The fourth-order valence-corrected chi connectivity index (χ4v) is 2.87. The number of hydrogen-bond acceptors (Lipinski definition) is 4. The minimum absolute atomic E-state index is 0.336. The molecule has 0 aromatic heterocycles. The second kappa shape index (κ2) is 6.23. The van der Waals surface area contributed by atoms with Gasteiger partial charge in [0.2, 0.25) is 0 Å². The third-order valence-corrected chi connectivity index (χ3v) is 5.22. The van der Waals surface area contributed by atoms with Crippen molar-refractivity contribution >= 4 is 24.3 Å². The molecule has 21 heavy (non-hydrogen) atoms. The standard InChI is InChI=1S/C16H25BO3S/c1-7-21-11-12-8-9-14(18-6)13(10-12)17-19-15(2,3)16(4,5)20-17/h8-10H,7,11H2,1-6H3. The lowest BCUT2D eigenvalue weighted by Gasteiger charge is -2.32. The quantitative estimate of drug-likeness (QED) is 0.781. The maximum atomic E-state index is 6.14. The van der Waals surface area contributed by atoms with E-state index in [1.807, 2.05) is 17.8 Å². The molecule has 1 saturated heterocycles. The molecule has 0 bridgehead atoms. The van der Waals surface area contributed by atoms with Crippen LogP contribution in [0.2, 0.25) is 0 Å². The molecular formula is C16H25BO3S. The molecule has 0 aliphatic carbocycles. The van der Waals surface area contributed by atoms with Crippen molar-refractivity contribution in [1.82, 2.24) is 0 Å². The van der Waals surface area contributed by atoms with Crippen LogP contribution in [0, 0.1) is 0 Å². The zero-order valence-electron chi connectivity index (χ0n) is 13.9. The Morgan fingerprint density at radius 2 is 1.76 bits per heavy atom. The monoisotopic (exact) mass is 308 g/mol. The lowest BCUT2D eigenvalue weighted by molar-refractivity contribution is 0.00578. The summed E-state index contributed by atoms with van der Waals surface area (Å²) in [7, 11) is 1.31. The van der Waals surface area contributed by atoms with Crippen LogP contribution < -0.4 is 10.2 Å². The molecule has 0 amide bonds. The third-order valence-electron chi connectivity index (χ3n) is 4.27. The van der Waals surface area contributed by atoms with Crippen molar-refractivity contribution in [3.63, 3.8) is 0 Å². The van der Waals surface area contributed by atoms with Crippen LogP contribution in [-0.2, 0) is 15.1 Å². The van der Waals surface area contributed by atoms with Gasteiger partial charge in [-0.25, -0.2) is 0 Å². The maximum Gasteiger partial charge on any atom is 0.498 e. The van der Waals surface area contributed by atoms with E-state index in [0.717, 1.165) is 22.7 Å². The molecule has 0 N–H and O–H groups in total. The summed E-state index contributed by atoms with van der Waals surface area (Å²) in [5.41, 5.74) is 1.57. The van der Waals surface area contributed by atoms with Gasteiger partial charge in [-0.1, -0.05) is 19.1 Å². The Hall–Kier alpha value is -0.645. The van der Waals surface area contributed by atoms with Gasteiger partial charge in [-0.15, -0.1) is 0 Å². The average molecular weight is 308 g/mol. The second-order valence-electron chi connectivity index (χ2n) is 6.30. The molecule has 1 aliphatic rings. The highest BCUT2D eigenvalue weighted by atomic mass is 32.2. The predicted octanol–water partition coefficient (Wildman–Crippen LogP) is 3.25. The van der Waals surface area contributed by atoms with Crippen molar-refractivity contribution in [3.8, 4) is 5.75 Å². The lowest BCUT2D eigenvalue weighted by Crippen LogP contribution is -2.41. The van der Waals surface area contributed by atoms with Crippen molar-refractivity contribution in [2.45, 2.75) is 51.6 Å². The number of methoxy groups -OCH3 is 1. The fraction of sp³-hybridized carbons (Fsp3) is 0.625. The van der Waals surface area contributed by atoms with E-state index in [9.17, 15) is 0 Å². The number of hydrogen-bond donors (Lipinski definition) is 0. The van der Waals surface area contributed by atoms with Crippen molar-refractivity contribution in [3.05, 3.63) is 23.8 Å². The van der Waals surface area contributed by atoms with Gasteiger partial charge in [0.25, 0.3) is 0 Å². The SMILES string of the molecule is CCSCc1ccc(OC)c(B2OC(C)(C)C(C)(C)O2)c1. The summed E-state index contributed by atoms with van der Waals surface area (Å²) in [6, 6.07) is 6.26. The van der Waals surface area contributed by atoms with Crippen molar-refractivity contribution in [1.29, 1.82) is 0 Å². The highest BCUT2D eigenvalue weighted by Crippen LogP contribution is 2.37. The normalized spacial score (nSPS) is 19.8. The second-order valence-corrected chi connectivity index (χ2v) is 7.58. The molecule has 0 atom stereocenters. The molecule has 1 aromatic rings. The van der Waals surface area contributed by atoms with Crippen LogP contribution >= 0.6 is 11.8 Å². The van der Waals surface area contributed by atoms with Gasteiger partial charge in [-0.05, 0) is 45.1 Å². The summed E-state index contributed by atoms with van der Waals surface area (Å²) >= 11 is 1.90. The first-order chi connectivity index (χ1) is 9.80. The highest BCUT2D eigenvalue weighted by Gasteiger charge is 2.52. The molecule has 1 aliphatic heterocycles. The van der Waals surface area contributed by atoms with E-state index in [4.69, 9.17) is 14.0 Å². The molecule has 0 saturated carbocycles. The maximum absolute atomic E-state index is 6.14. The van der Waals surface area contributed by atoms with Crippen LogP contribution in [0.5, 0.6) is 5.75 Å². The Kier molecular flexibility index (Phi) is 4.96. The van der Waals surface area contributed by atoms with E-state index in [2.05, 4.69) is 46.8 Å². The number of rotatable bonds is 5. The van der Waals surface area contributed by atoms with Gasteiger partial charge in [0, 0.05) is 11.2 Å². The zero-order chi connectivity index (χ0) is 15.7. The Morgan fingerprint density at radius 1 is 1.14 bits per heavy atom. The molecule has 1 heterocycles. The minimum Gasteiger partial charge on any atom is -0.497 e. The van der Waals surface area contributed by atoms with Gasteiger partial charge in [-0.3, -0.25) is 0 Å². The van der Waals surface area contributed by atoms with E-state index in [0.29, 0.717) is 0 Å². The van der Waals surface area contributed by atoms with Crippen LogP contribution in [0.3, 0.4) is 0 Å². The lowest BCUT2D eigenvalue weighted by atomic mass is 9.77. The molecule has 1 aromatic carbocycles. The topological polar surface area (TPSA) is 27.7 Å². The van der Waals surface area contributed by atoms with E-state index in [-0.39, 0.29) is 18.3 Å². The van der Waals surface area contributed by atoms with Crippen LogP contribution in [0.1, 0.15) is 40.2 Å². The van der Waals surface area contributed by atoms with E-state index in [1.54, 1.807) is 7.11 Å². The molecule has 116 valence electrons. The van der Waals surface area contributed by atoms with Crippen molar-refractivity contribution in [2.24, 2.45) is 0 Å². The van der Waals surface area contributed by atoms with Gasteiger partial charge in [0.1, 0.15) is 5.75 Å². The Bertz CT molecular complexity index is 486. The molecule has 0 unspecified atom stereocenters. The predicted molar refractivity (Wildman–Crippen MR) is 90.5 cm³/mol. The van der Waals surface area contributed by atoms with Crippen molar-refractivity contribution < 1.29 is 14.0 Å². The Labute approximate surface area is 132 Å². The first kappa shape index (κ1) is 16.7. The Morgan fingerprint density at radius 3 is 2.29 bits per heavy atom. The van der Waals surface area contributed by atoms with Crippen LogP contribution in [0.15, 0.2) is 18.2 Å². The summed E-state index contributed by atoms with van der Waals surface area (Å²) in [6.07, 6.45) is 0. The Balaban J connectivity index is 2.30. The molecule has 0 radical (unpaired) electrons. The summed E-state index contributed by atoms with van der Waals surface area (Å²) in [6.45, 7) is 10.4. The molecule has 1 fully saturated rings. The number of thioether (sulfide) groups is 1. The molecule has 3 nitrogen and oxygen atoms in total. The molecule has 5 heteroatoms. The van der Waals surface area contributed by atoms with Crippen molar-refractivity contribution in [2.75, 3.05) is 12.9 Å². The molecule has 0 spiro atoms. The highest BCUT2D eigenvalue weighted by molar-refractivity contribution is 7.98. The summed E-state index contributed by atoms with van der Waals surface area (Å²) < 4.78 is 17.8. The van der Waals surface area contributed by atoms with E-state index < -0.39 is 0 Å². The van der Waals surface area contributed by atoms with Gasteiger partial charge in [0.05, 0.1) is 18.3 Å². The smallest absolute Gasteiger partial charge is 0.497 e. The number of benzene rings is 1. The van der Waals surface area contributed by atoms with Gasteiger partial charge >= 0.3 is 7.12 Å². The van der Waals surface area contributed by atoms with Crippen LogP contribution in [0.25, 0.3) is 0 Å². The largest absolute Gasteiger partial charge is 0.498 e. The van der Waals surface area contributed by atoms with E-state index >= 15 is 0 Å². The third kappa shape index (κ3) is 3.41. The van der Waals surface area contributed by atoms with Crippen LogP contribution in [0.4, 0.5) is 0 Å². The average Bonchev–Trinajstić information content (AvgIpc) is 2.65. The first-order valence-electron chi connectivity index (χ1n) is 7.41. The minimum atomic E-state index is -0.378. The van der Waals surface area contributed by atoms with Gasteiger partial charge in [0.15, 0.2) is 0 Å². The first-order valence-corrected chi connectivity index (χ1v) is 8.56. The summed E-state index contributed by atoms with van der Waals surface area (Å²) in [5.74, 6) is 2.92. The fourth-order valence-electron chi connectivity index (χ4n) is 2.25. The summed E-state index contributed by atoms with van der Waals surface area (Å²) in [5, 5.41) is 0. The van der Waals surface area contributed by atoms with E-state index in [1.165, 1.54) is 5.56 Å². The molecular weight excluding hydrogens is 283 g/mol. The zero-order valence-corrected chi connectivity index (χ0v) is 14.7. The van der Waals surface area contributed by atoms with Gasteiger partial charge < -0.3 is 14.0 Å². The number of ether oxygens (including phenoxy) is 1.